The van der Waals surface area contributed by atoms with Gasteiger partial charge in [-0.25, -0.2) is 0 Å². The number of fused-ring (bicyclic) bond motifs is 1. The van der Waals surface area contributed by atoms with Crippen LogP contribution in [-0.4, -0.2) is 80.3 Å². The van der Waals surface area contributed by atoms with Crippen molar-refractivity contribution in [3.8, 4) is 0 Å². The molecule has 0 amide bonds. The lowest BCUT2D eigenvalue weighted by molar-refractivity contribution is -0.00834. The smallest absolute Gasteiger partial charge is 0.191 e. The summed E-state index contributed by atoms with van der Waals surface area (Å²) in [7, 11) is 1.85. The molecular weight excluding hydrogens is 358 g/mol. The Morgan fingerprint density at radius 2 is 2.07 bits per heavy atom. The van der Waals surface area contributed by atoms with Crippen LogP contribution in [0.1, 0.15) is 31.2 Å². The van der Waals surface area contributed by atoms with E-state index >= 15 is 0 Å². The molecule has 2 aliphatic rings. The van der Waals surface area contributed by atoms with E-state index in [1.807, 2.05) is 18.4 Å². The van der Waals surface area contributed by atoms with E-state index < -0.39 is 0 Å². The van der Waals surface area contributed by atoms with Crippen LogP contribution in [0.3, 0.4) is 0 Å². The Bertz CT molecular complexity index is 624. The fourth-order valence-corrected chi connectivity index (χ4v) is 4.71. The minimum Gasteiger partial charge on any atom is -0.379 e. The highest BCUT2D eigenvalue weighted by Gasteiger charge is 2.28. The second-order valence-electron chi connectivity index (χ2n) is 8.16. The Morgan fingerprint density at radius 1 is 1.30 bits per heavy atom. The molecule has 0 saturated carbocycles. The van der Waals surface area contributed by atoms with Gasteiger partial charge < -0.3 is 15.4 Å². The summed E-state index contributed by atoms with van der Waals surface area (Å²) in [5.74, 6) is 0.886. The summed E-state index contributed by atoms with van der Waals surface area (Å²) in [5.41, 5.74) is 1.59. The van der Waals surface area contributed by atoms with Crippen LogP contribution >= 0.6 is 11.3 Å². The number of hydrogen-bond donors (Lipinski definition) is 2. The molecule has 2 aliphatic heterocycles. The van der Waals surface area contributed by atoms with Gasteiger partial charge in [-0.2, -0.15) is 0 Å². The number of morpholine rings is 1. The summed E-state index contributed by atoms with van der Waals surface area (Å²) < 4.78 is 5.48. The van der Waals surface area contributed by atoms with Gasteiger partial charge in [-0.3, -0.25) is 14.8 Å². The molecule has 1 saturated heterocycles. The van der Waals surface area contributed by atoms with Crippen molar-refractivity contribution in [2.24, 2.45) is 4.99 Å². The van der Waals surface area contributed by atoms with Crippen LogP contribution in [0.25, 0.3) is 0 Å². The van der Waals surface area contributed by atoms with Crippen molar-refractivity contribution < 1.29 is 4.74 Å². The van der Waals surface area contributed by atoms with E-state index in [9.17, 15) is 0 Å². The zero-order valence-electron chi connectivity index (χ0n) is 17.3. The Hall–Kier alpha value is -1.15. The first-order valence-corrected chi connectivity index (χ1v) is 10.9. The number of ether oxygens (including phenoxy) is 1. The minimum absolute atomic E-state index is 0.0786. The summed E-state index contributed by atoms with van der Waals surface area (Å²) >= 11 is 1.90. The van der Waals surface area contributed by atoms with Crippen molar-refractivity contribution in [3.05, 3.63) is 21.9 Å². The molecule has 0 radical (unpaired) electrons. The number of rotatable bonds is 6. The van der Waals surface area contributed by atoms with Gasteiger partial charge in [-0.15, -0.1) is 11.3 Å². The maximum Gasteiger partial charge on any atom is 0.191 e. The molecule has 0 aromatic carbocycles. The van der Waals surface area contributed by atoms with Crippen LogP contribution in [0.4, 0.5) is 0 Å². The van der Waals surface area contributed by atoms with Crippen molar-refractivity contribution in [3.63, 3.8) is 0 Å². The first-order chi connectivity index (χ1) is 13.0. The molecule has 1 aromatic rings. The molecular formula is C20H35N5OS. The number of nitrogens with zero attached hydrogens (tertiary/aromatic N) is 3. The predicted octanol–water partition coefficient (Wildman–Crippen LogP) is 1.77. The Morgan fingerprint density at radius 3 is 2.81 bits per heavy atom. The average Bonchev–Trinajstić information content (AvgIpc) is 3.16. The molecule has 2 N–H and O–H groups in total. The first kappa shape index (κ1) is 20.6. The minimum atomic E-state index is 0.0786. The fraction of sp³-hybridized carbons (Fsp3) is 0.750. The van der Waals surface area contributed by atoms with Crippen LogP contribution in [-0.2, 0) is 17.7 Å². The van der Waals surface area contributed by atoms with Crippen LogP contribution < -0.4 is 10.6 Å². The van der Waals surface area contributed by atoms with Crippen LogP contribution in [0.5, 0.6) is 0 Å². The van der Waals surface area contributed by atoms with Crippen molar-refractivity contribution in [2.45, 2.75) is 45.3 Å². The Balaban J connectivity index is 1.43. The molecule has 27 heavy (non-hydrogen) atoms. The number of aliphatic imine (C=N–C) groups is 1. The number of guanidine groups is 1. The topological polar surface area (TPSA) is 52.1 Å². The number of hydrogen-bond acceptors (Lipinski definition) is 5. The molecule has 0 spiro atoms. The van der Waals surface area contributed by atoms with Gasteiger partial charge in [-0.05, 0) is 44.2 Å². The molecule has 0 aliphatic carbocycles. The summed E-state index contributed by atoms with van der Waals surface area (Å²) in [6.45, 7) is 14.5. The second-order valence-corrected chi connectivity index (χ2v) is 9.16. The highest BCUT2D eigenvalue weighted by Crippen LogP contribution is 2.25. The highest BCUT2D eigenvalue weighted by atomic mass is 32.1. The summed E-state index contributed by atoms with van der Waals surface area (Å²) in [5, 5.41) is 9.25. The van der Waals surface area contributed by atoms with E-state index in [0.29, 0.717) is 6.04 Å². The SMILES string of the molecule is CN=C(NCC(C)N1CCc2sccc2C1)NCC(C)(C)N1CCOCC1. The van der Waals surface area contributed by atoms with Crippen LogP contribution in [0.2, 0.25) is 0 Å². The van der Waals surface area contributed by atoms with Gasteiger partial charge in [0, 0.05) is 62.8 Å². The normalized spacial score (nSPS) is 21.0. The number of thiophene rings is 1. The molecule has 152 valence electrons. The molecule has 3 heterocycles. The summed E-state index contributed by atoms with van der Waals surface area (Å²) in [6, 6.07) is 2.75. The van der Waals surface area contributed by atoms with E-state index in [2.05, 4.69) is 57.6 Å². The van der Waals surface area contributed by atoms with Gasteiger partial charge >= 0.3 is 0 Å². The third-order valence-corrected chi connectivity index (χ3v) is 6.83. The summed E-state index contributed by atoms with van der Waals surface area (Å²) in [4.78, 5) is 11.0. The maximum absolute atomic E-state index is 5.48. The van der Waals surface area contributed by atoms with Crippen LogP contribution in [0, 0.1) is 0 Å². The van der Waals surface area contributed by atoms with E-state index in [1.54, 1.807) is 4.88 Å². The van der Waals surface area contributed by atoms with Gasteiger partial charge in [0.1, 0.15) is 0 Å². The first-order valence-electron chi connectivity index (χ1n) is 10.1. The van der Waals surface area contributed by atoms with E-state index in [1.165, 1.54) is 12.0 Å². The molecule has 7 heteroatoms. The lowest BCUT2D eigenvalue weighted by Gasteiger charge is -2.41. The maximum atomic E-state index is 5.48. The van der Waals surface area contributed by atoms with E-state index in [4.69, 9.17) is 4.74 Å². The third kappa shape index (κ3) is 5.44. The quantitative estimate of drug-likeness (QED) is 0.570. The Labute approximate surface area is 168 Å². The van der Waals surface area contributed by atoms with Crippen LogP contribution in [0.15, 0.2) is 16.4 Å². The van der Waals surface area contributed by atoms with Crippen molar-refractivity contribution in [2.75, 3.05) is 53.0 Å². The van der Waals surface area contributed by atoms with Crippen molar-refractivity contribution in [1.82, 2.24) is 20.4 Å². The summed E-state index contributed by atoms with van der Waals surface area (Å²) in [6.07, 6.45) is 1.18. The Kier molecular flexibility index (Phi) is 7.14. The largest absolute Gasteiger partial charge is 0.379 e. The molecule has 1 aromatic heterocycles. The van der Waals surface area contributed by atoms with Gasteiger partial charge in [0.25, 0.3) is 0 Å². The highest BCUT2D eigenvalue weighted by molar-refractivity contribution is 7.10. The average molecular weight is 394 g/mol. The lowest BCUT2D eigenvalue weighted by atomic mass is 10.0. The zero-order chi connectivity index (χ0) is 19.3. The van der Waals surface area contributed by atoms with Gasteiger partial charge in [0.05, 0.1) is 13.2 Å². The fourth-order valence-electron chi connectivity index (χ4n) is 3.82. The third-order valence-electron chi connectivity index (χ3n) is 5.80. The van der Waals surface area contributed by atoms with Crippen molar-refractivity contribution in [1.29, 1.82) is 0 Å². The van der Waals surface area contributed by atoms with Gasteiger partial charge in [-0.1, -0.05) is 0 Å². The monoisotopic (exact) mass is 393 g/mol. The van der Waals surface area contributed by atoms with E-state index in [-0.39, 0.29) is 5.54 Å². The molecule has 0 bridgehead atoms. The molecule has 1 fully saturated rings. The van der Waals surface area contributed by atoms with Gasteiger partial charge in [0.2, 0.25) is 0 Å². The number of nitrogens with one attached hydrogen (secondary N) is 2. The van der Waals surface area contributed by atoms with Gasteiger partial charge in [0.15, 0.2) is 5.96 Å². The van der Waals surface area contributed by atoms with E-state index in [0.717, 1.165) is 58.4 Å². The molecule has 1 unspecified atom stereocenters. The molecule has 6 nitrogen and oxygen atoms in total. The lowest BCUT2D eigenvalue weighted by Crippen LogP contribution is -2.57. The molecule has 3 rings (SSSR count). The standard InChI is InChI=1S/C20H35N5OS/c1-16(24-7-5-18-17(14-24)6-12-27-18)13-22-19(21-4)23-15-20(2,3)25-8-10-26-11-9-25/h6,12,16H,5,7-11,13-15H2,1-4H3,(H2,21,22,23). The zero-order valence-corrected chi connectivity index (χ0v) is 18.1. The second kappa shape index (κ2) is 9.37. The van der Waals surface area contributed by atoms with Crippen molar-refractivity contribution >= 4 is 17.3 Å². The predicted molar refractivity (Wildman–Crippen MR) is 114 cm³/mol. The molecule has 1 atom stereocenters.